The fraction of sp³-hybridized carbons (Fsp3) is 0.115. The van der Waals surface area contributed by atoms with Gasteiger partial charge in [-0.2, -0.15) is 0 Å². The van der Waals surface area contributed by atoms with Gasteiger partial charge in [0.15, 0.2) is 0 Å². The van der Waals surface area contributed by atoms with Crippen LogP contribution in [0, 0.1) is 6.92 Å². The van der Waals surface area contributed by atoms with E-state index < -0.39 is 11.7 Å². The number of carbonyl (C=O) groups excluding carboxylic acids is 2. The summed E-state index contributed by atoms with van der Waals surface area (Å²) < 4.78 is 5.27. The van der Waals surface area contributed by atoms with E-state index in [2.05, 4.69) is 10.6 Å². The van der Waals surface area contributed by atoms with Crippen LogP contribution in [-0.4, -0.2) is 17.9 Å². The number of aryl methyl sites for hydroxylation is 1. The number of fused-ring (bicyclic) bond motifs is 1. The van der Waals surface area contributed by atoms with Crippen molar-refractivity contribution in [2.75, 3.05) is 5.32 Å². The maximum absolute atomic E-state index is 13.1. The number of nitrogens with one attached hydrogen (secondary N) is 2. The van der Waals surface area contributed by atoms with Gasteiger partial charge in [0.1, 0.15) is 11.6 Å². The standard InChI is InChI=1S/C26H22N2O4/c1-17-14-24(29)32-23-16-20(12-13-21(17)23)27-26(31)22(15-18-8-4-2-5-9-18)28-25(30)19-10-6-3-7-11-19/h2-14,16,22H,15H2,1H3,(H,27,31)(H,28,30)/t22-/m0/s1. The first-order valence-electron chi connectivity index (χ1n) is 10.2. The van der Waals surface area contributed by atoms with E-state index in [-0.39, 0.29) is 11.8 Å². The van der Waals surface area contributed by atoms with E-state index in [9.17, 15) is 14.4 Å². The van der Waals surface area contributed by atoms with E-state index in [0.29, 0.717) is 23.3 Å². The number of anilines is 1. The van der Waals surface area contributed by atoms with Crippen molar-refractivity contribution in [2.45, 2.75) is 19.4 Å². The Morgan fingerprint density at radius 3 is 2.31 bits per heavy atom. The average Bonchev–Trinajstić information content (AvgIpc) is 2.79. The molecule has 1 aromatic heterocycles. The third-order valence-electron chi connectivity index (χ3n) is 5.16. The van der Waals surface area contributed by atoms with Crippen LogP contribution >= 0.6 is 0 Å². The van der Waals surface area contributed by atoms with Crippen LogP contribution in [0.1, 0.15) is 21.5 Å². The smallest absolute Gasteiger partial charge is 0.336 e. The SMILES string of the molecule is Cc1cc(=O)oc2cc(NC(=O)[C@H](Cc3ccccc3)NC(=O)c3ccccc3)ccc12. The minimum absolute atomic E-state index is 0.326. The second-order valence-corrected chi connectivity index (χ2v) is 7.53. The van der Waals surface area contributed by atoms with Crippen LogP contribution in [-0.2, 0) is 11.2 Å². The maximum atomic E-state index is 13.1. The first-order valence-corrected chi connectivity index (χ1v) is 10.2. The average molecular weight is 426 g/mol. The molecule has 0 fully saturated rings. The van der Waals surface area contributed by atoms with Crippen molar-refractivity contribution in [1.29, 1.82) is 0 Å². The summed E-state index contributed by atoms with van der Waals surface area (Å²) in [6.07, 6.45) is 0.326. The second-order valence-electron chi connectivity index (χ2n) is 7.53. The zero-order valence-electron chi connectivity index (χ0n) is 17.5. The number of benzene rings is 3. The van der Waals surface area contributed by atoms with E-state index in [1.165, 1.54) is 6.07 Å². The number of hydrogen-bond donors (Lipinski definition) is 2. The lowest BCUT2D eigenvalue weighted by molar-refractivity contribution is -0.118. The zero-order valence-corrected chi connectivity index (χ0v) is 17.5. The molecule has 0 aliphatic carbocycles. The first-order chi connectivity index (χ1) is 15.5. The molecule has 160 valence electrons. The van der Waals surface area contributed by atoms with Gasteiger partial charge in [0.2, 0.25) is 5.91 Å². The molecule has 0 saturated heterocycles. The number of hydrogen-bond acceptors (Lipinski definition) is 4. The Morgan fingerprint density at radius 2 is 1.59 bits per heavy atom. The van der Waals surface area contributed by atoms with Crippen molar-refractivity contribution in [3.8, 4) is 0 Å². The van der Waals surface area contributed by atoms with E-state index in [1.807, 2.05) is 43.3 Å². The lowest BCUT2D eigenvalue weighted by atomic mass is 10.0. The molecule has 0 bridgehead atoms. The van der Waals surface area contributed by atoms with Gasteiger partial charge in [0.05, 0.1) is 0 Å². The summed E-state index contributed by atoms with van der Waals surface area (Å²) >= 11 is 0. The molecule has 3 aromatic carbocycles. The van der Waals surface area contributed by atoms with Gasteiger partial charge in [-0.05, 0) is 42.3 Å². The molecule has 0 unspecified atom stereocenters. The molecule has 32 heavy (non-hydrogen) atoms. The van der Waals surface area contributed by atoms with Gasteiger partial charge in [0.25, 0.3) is 5.91 Å². The van der Waals surface area contributed by atoms with E-state index in [0.717, 1.165) is 16.5 Å². The molecular weight excluding hydrogens is 404 g/mol. The summed E-state index contributed by atoms with van der Waals surface area (Å²) in [5, 5.41) is 6.46. The van der Waals surface area contributed by atoms with E-state index in [1.54, 1.807) is 42.5 Å². The molecule has 6 heteroatoms. The molecular formula is C26H22N2O4. The van der Waals surface area contributed by atoms with Gasteiger partial charge < -0.3 is 15.1 Å². The molecule has 2 amide bonds. The summed E-state index contributed by atoms with van der Waals surface area (Å²) in [6, 6.07) is 24.0. The highest BCUT2D eigenvalue weighted by atomic mass is 16.4. The monoisotopic (exact) mass is 426 g/mol. The molecule has 2 N–H and O–H groups in total. The molecule has 0 spiro atoms. The van der Waals surface area contributed by atoms with Crippen LogP contribution in [0.15, 0.2) is 94.1 Å². The molecule has 6 nitrogen and oxygen atoms in total. The van der Waals surface area contributed by atoms with Gasteiger partial charge in [-0.15, -0.1) is 0 Å². The van der Waals surface area contributed by atoms with Crippen molar-refractivity contribution in [1.82, 2.24) is 5.32 Å². The Morgan fingerprint density at radius 1 is 0.906 bits per heavy atom. The summed E-state index contributed by atoms with van der Waals surface area (Å²) in [5.74, 6) is -0.700. The Labute approximate surface area is 184 Å². The molecule has 0 radical (unpaired) electrons. The van der Waals surface area contributed by atoms with E-state index in [4.69, 9.17) is 4.42 Å². The third kappa shape index (κ3) is 4.92. The Balaban J connectivity index is 1.58. The Bertz CT molecular complexity index is 1310. The zero-order chi connectivity index (χ0) is 22.5. The Hall–Kier alpha value is -4.19. The highest BCUT2D eigenvalue weighted by Crippen LogP contribution is 2.21. The van der Waals surface area contributed by atoms with Crippen LogP contribution in [0.3, 0.4) is 0 Å². The number of rotatable bonds is 6. The second kappa shape index (κ2) is 9.31. The largest absolute Gasteiger partial charge is 0.423 e. The molecule has 0 aliphatic rings. The van der Waals surface area contributed by atoms with Crippen LogP contribution in [0.4, 0.5) is 5.69 Å². The lowest BCUT2D eigenvalue weighted by Gasteiger charge is -2.19. The predicted octanol–water partition coefficient (Wildman–Crippen LogP) is 4.08. The maximum Gasteiger partial charge on any atom is 0.336 e. The molecule has 0 saturated carbocycles. The van der Waals surface area contributed by atoms with Gasteiger partial charge in [0, 0.05) is 35.2 Å². The van der Waals surface area contributed by atoms with Crippen molar-refractivity contribution < 1.29 is 14.0 Å². The molecule has 0 aliphatic heterocycles. The summed E-state index contributed by atoms with van der Waals surface area (Å²) in [4.78, 5) is 37.6. The number of amides is 2. The van der Waals surface area contributed by atoms with E-state index >= 15 is 0 Å². The van der Waals surface area contributed by atoms with Gasteiger partial charge in [-0.1, -0.05) is 48.5 Å². The summed E-state index contributed by atoms with van der Waals surface area (Å²) in [5.41, 5.74) is 2.60. The number of carbonyl (C=O) groups is 2. The summed E-state index contributed by atoms with van der Waals surface area (Å²) in [7, 11) is 0. The topological polar surface area (TPSA) is 88.4 Å². The minimum atomic E-state index is -0.801. The predicted molar refractivity (Wildman–Crippen MR) is 124 cm³/mol. The van der Waals surface area contributed by atoms with Crippen LogP contribution < -0.4 is 16.3 Å². The fourth-order valence-electron chi connectivity index (χ4n) is 3.52. The minimum Gasteiger partial charge on any atom is -0.423 e. The van der Waals surface area contributed by atoms with Gasteiger partial charge in [-0.3, -0.25) is 9.59 Å². The first kappa shape index (κ1) is 21.1. The van der Waals surface area contributed by atoms with Crippen molar-refractivity contribution in [3.63, 3.8) is 0 Å². The Kier molecular flexibility index (Phi) is 6.12. The van der Waals surface area contributed by atoms with Crippen molar-refractivity contribution in [2.24, 2.45) is 0 Å². The highest BCUT2D eigenvalue weighted by molar-refractivity contribution is 6.02. The molecule has 4 rings (SSSR count). The van der Waals surface area contributed by atoms with Gasteiger partial charge >= 0.3 is 5.63 Å². The quantitative estimate of drug-likeness (QED) is 0.455. The fourth-order valence-corrected chi connectivity index (χ4v) is 3.52. The van der Waals surface area contributed by atoms with Crippen LogP contribution in [0.2, 0.25) is 0 Å². The van der Waals surface area contributed by atoms with Crippen molar-refractivity contribution in [3.05, 3.63) is 112 Å². The lowest BCUT2D eigenvalue weighted by Crippen LogP contribution is -2.45. The van der Waals surface area contributed by atoms with Crippen LogP contribution in [0.25, 0.3) is 11.0 Å². The van der Waals surface area contributed by atoms with Gasteiger partial charge in [-0.25, -0.2) is 4.79 Å². The highest BCUT2D eigenvalue weighted by Gasteiger charge is 2.22. The van der Waals surface area contributed by atoms with Crippen molar-refractivity contribution >= 4 is 28.5 Å². The normalized spacial score (nSPS) is 11.7. The van der Waals surface area contributed by atoms with Crippen LogP contribution in [0.5, 0.6) is 0 Å². The third-order valence-corrected chi connectivity index (χ3v) is 5.16. The summed E-state index contributed by atoms with van der Waals surface area (Å²) in [6.45, 7) is 1.83. The molecule has 1 atom stereocenters. The molecule has 4 aromatic rings. The molecule has 1 heterocycles.